The van der Waals surface area contributed by atoms with Gasteiger partial charge in [0.2, 0.25) is 5.91 Å². The van der Waals surface area contributed by atoms with Gasteiger partial charge in [0.15, 0.2) is 0 Å². The molecule has 4 N–H and O–H groups in total. The predicted octanol–water partition coefficient (Wildman–Crippen LogP) is 5.37. The highest BCUT2D eigenvalue weighted by molar-refractivity contribution is 6.31. The van der Waals surface area contributed by atoms with Crippen LogP contribution in [0.5, 0.6) is 0 Å². The van der Waals surface area contributed by atoms with E-state index in [0.717, 1.165) is 16.5 Å². The molecule has 0 saturated carbocycles. The molecule has 4 rings (SSSR count). The Kier molecular flexibility index (Phi) is 11.2. The Morgan fingerprint density at radius 2 is 1.65 bits per heavy atom. The highest BCUT2D eigenvalue weighted by Gasteiger charge is 2.23. The number of fused-ring (bicyclic) bond motifs is 1. The van der Waals surface area contributed by atoms with Crippen LogP contribution >= 0.6 is 11.6 Å². The van der Waals surface area contributed by atoms with E-state index in [9.17, 15) is 19.2 Å². The third-order valence-corrected chi connectivity index (χ3v) is 7.12. The second kappa shape index (κ2) is 15.4. The van der Waals surface area contributed by atoms with Crippen LogP contribution in [-0.4, -0.2) is 48.6 Å². The highest BCUT2D eigenvalue weighted by Crippen LogP contribution is 2.19. The number of benzene rings is 3. The van der Waals surface area contributed by atoms with Crippen LogP contribution < -0.4 is 16.0 Å². The lowest BCUT2D eigenvalue weighted by molar-refractivity contribution is -0.140. The number of anilines is 1. The zero-order valence-corrected chi connectivity index (χ0v) is 24.4. The minimum absolute atomic E-state index is 0.0203. The Labute approximate surface area is 254 Å². The molecule has 43 heavy (non-hydrogen) atoms. The first kappa shape index (κ1) is 31.1. The number of rotatable bonds is 13. The van der Waals surface area contributed by atoms with Crippen molar-refractivity contribution in [2.45, 2.75) is 38.3 Å². The normalized spacial score (nSPS) is 11.4. The van der Waals surface area contributed by atoms with Gasteiger partial charge in [-0.2, -0.15) is 0 Å². The van der Waals surface area contributed by atoms with Crippen LogP contribution in [-0.2, 0) is 32.1 Å². The van der Waals surface area contributed by atoms with Crippen molar-refractivity contribution >= 4 is 52.1 Å². The number of halogens is 1. The number of hydrogen-bond donors (Lipinski definition) is 4. The molecule has 3 amide bonds. The summed E-state index contributed by atoms with van der Waals surface area (Å²) in [4.78, 5) is 53.6. The summed E-state index contributed by atoms with van der Waals surface area (Å²) in [5.74, 6) is -1.23. The minimum Gasteiger partial charge on any atom is -0.469 e. The number of aromatic nitrogens is 1. The van der Waals surface area contributed by atoms with Crippen molar-refractivity contribution in [1.29, 1.82) is 0 Å². The van der Waals surface area contributed by atoms with Gasteiger partial charge in [-0.05, 0) is 49.1 Å². The fourth-order valence-corrected chi connectivity index (χ4v) is 4.62. The zero-order valence-electron chi connectivity index (χ0n) is 23.7. The smallest absolute Gasteiger partial charge is 0.407 e. The second-order valence-electron chi connectivity index (χ2n) is 9.76. The van der Waals surface area contributed by atoms with Crippen LogP contribution in [0.25, 0.3) is 10.9 Å². The Bertz CT molecular complexity index is 1550. The summed E-state index contributed by atoms with van der Waals surface area (Å²) < 4.78 is 9.97. The van der Waals surface area contributed by atoms with Crippen molar-refractivity contribution in [3.63, 3.8) is 0 Å². The van der Waals surface area contributed by atoms with Gasteiger partial charge in [-0.25, -0.2) is 4.79 Å². The molecule has 0 saturated heterocycles. The first-order chi connectivity index (χ1) is 20.8. The Balaban J connectivity index is 1.39. The number of aromatic amines is 1. The lowest BCUT2D eigenvalue weighted by Crippen LogP contribution is -2.44. The first-order valence-corrected chi connectivity index (χ1v) is 14.2. The SMILES string of the molecule is COC(=O)CCc1ccccc1NC(=O)[C@H](CCCNC(=O)OCc1ccccc1Cl)NC(=O)c1cc2ccccc2[nH]1. The van der Waals surface area contributed by atoms with Crippen molar-refractivity contribution < 1.29 is 28.7 Å². The van der Waals surface area contributed by atoms with Crippen molar-refractivity contribution in [2.24, 2.45) is 0 Å². The summed E-state index contributed by atoms with van der Waals surface area (Å²) in [6.45, 7) is 0.232. The molecule has 0 bridgehead atoms. The molecule has 0 fully saturated rings. The van der Waals surface area contributed by atoms with Crippen LogP contribution in [0.1, 0.15) is 40.9 Å². The predicted molar refractivity (Wildman–Crippen MR) is 164 cm³/mol. The molecule has 0 spiro atoms. The Morgan fingerprint density at radius 1 is 0.930 bits per heavy atom. The van der Waals surface area contributed by atoms with E-state index in [4.69, 9.17) is 21.1 Å². The van der Waals surface area contributed by atoms with Crippen molar-refractivity contribution in [3.05, 3.63) is 101 Å². The van der Waals surface area contributed by atoms with Gasteiger partial charge < -0.3 is 30.4 Å². The van der Waals surface area contributed by atoms with Crippen LogP contribution in [0.4, 0.5) is 10.5 Å². The number of carbonyl (C=O) groups is 4. The first-order valence-electron chi connectivity index (χ1n) is 13.8. The van der Waals surface area contributed by atoms with E-state index in [1.165, 1.54) is 7.11 Å². The quantitative estimate of drug-likeness (QED) is 0.120. The van der Waals surface area contributed by atoms with E-state index in [1.807, 2.05) is 36.4 Å². The molecule has 224 valence electrons. The average molecular weight is 605 g/mol. The number of esters is 1. The van der Waals surface area contributed by atoms with Gasteiger partial charge in [-0.15, -0.1) is 0 Å². The maximum Gasteiger partial charge on any atom is 0.407 e. The fraction of sp³-hybridized carbons (Fsp3) is 0.250. The number of aryl methyl sites for hydroxylation is 1. The van der Waals surface area contributed by atoms with Gasteiger partial charge in [0.25, 0.3) is 5.91 Å². The maximum atomic E-state index is 13.5. The van der Waals surface area contributed by atoms with E-state index in [0.29, 0.717) is 34.8 Å². The topological polar surface area (TPSA) is 139 Å². The number of H-pyrrole nitrogens is 1. The highest BCUT2D eigenvalue weighted by atomic mass is 35.5. The number of ether oxygens (including phenoxy) is 2. The van der Waals surface area contributed by atoms with E-state index in [1.54, 1.807) is 42.5 Å². The summed E-state index contributed by atoms with van der Waals surface area (Å²) in [6, 6.07) is 22.5. The molecular weight excluding hydrogens is 572 g/mol. The van der Waals surface area contributed by atoms with E-state index in [-0.39, 0.29) is 32.0 Å². The number of para-hydroxylation sites is 2. The lowest BCUT2D eigenvalue weighted by Gasteiger charge is -2.19. The molecule has 1 atom stereocenters. The van der Waals surface area contributed by atoms with Gasteiger partial charge in [-0.3, -0.25) is 14.4 Å². The molecule has 1 aromatic heterocycles. The number of nitrogens with one attached hydrogen (secondary N) is 4. The molecule has 4 aromatic rings. The molecule has 0 aliphatic heterocycles. The van der Waals surface area contributed by atoms with Crippen LogP contribution in [0, 0.1) is 0 Å². The van der Waals surface area contributed by atoms with Crippen molar-refractivity contribution in [3.8, 4) is 0 Å². The molecule has 10 nitrogen and oxygen atoms in total. The van der Waals surface area contributed by atoms with Gasteiger partial charge in [0.05, 0.1) is 7.11 Å². The third kappa shape index (κ3) is 9.08. The standard InChI is InChI=1S/C32H33ClN4O6/c1-42-29(38)17-16-21-9-3-6-13-25(21)36-30(39)27(37-31(40)28-19-22-10-4-7-14-26(22)35-28)15-8-18-34-32(41)43-20-23-11-2-5-12-24(23)33/h2-7,9-14,19,27,35H,8,15-18,20H2,1H3,(H,34,41)(H,36,39)(H,37,40)/t27-/m0/s1. The summed E-state index contributed by atoms with van der Waals surface area (Å²) >= 11 is 6.11. The molecule has 11 heteroatoms. The number of hydrogen-bond acceptors (Lipinski definition) is 6. The van der Waals surface area contributed by atoms with Gasteiger partial charge >= 0.3 is 12.1 Å². The maximum absolute atomic E-state index is 13.5. The Hall–Kier alpha value is -4.83. The van der Waals surface area contributed by atoms with Crippen molar-refractivity contribution in [1.82, 2.24) is 15.6 Å². The third-order valence-electron chi connectivity index (χ3n) is 6.75. The number of carbonyl (C=O) groups excluding carboxylic acids is 4. The van der Waals surface area contributed by atoms with Crippen molar-refractivity contribution in [2.75, 3.05) is 19.0 Å². The summed E-state index contributed by atoms with van der Waals surface area (Å²) in [5.41, 5.74) is 3.08. The summed E-state index contributed by atoms with van der Waals surface area (Å²) in [5, 5.41) is 9.74. The van der Waals surface area contributed by atoms with Gasteiger partial charge in [-0.1, -0.05) is 66.2 Å². The molecular formula is C32H33ClN4O6. The molecule has 0 radical (unpaired) electrons. The largest absolute Gasteiger partial charge is 0.469 e. The number of methoxy groups -OCH3 is 1. The molecule has 0 unspecified atom stereocenters. The minimum atomic E-state index is -0.923. The summed E-state index contributed by atoms with van der Waals surface area (Å²) in [6.07, 6.45) is 0.503. The summed E-state index contributed by atoms with van der Waals surface area (Å²) in [7, 11) is 1.32. The van der Waals surface area contributed by atoms with E-state index >= 15 is 0 Å². The zero-order chi connectivity index (χ0) is 30.6. The Morgan fingerprint density at radius 3 is 2.42 bits per heavy atom. The van der Waals surface area contributed by atoms with Crippen LogP contribution in [0.15, 0.2) is 78.9 Å². The van der Waals surface area contributed by atoms with Gasteiger partial charge in [0, 0.05) is 40.1 Å². The fourth-order valence-electron chi connectivity index (χ4n) is 4.43. The van der Waals surface area contributed by atoms with Crippen LogP contribution in [0.3, 0.4) is 0 Å². The van der Waals surface area contributed by atoms with Gasteiger partial charge in [0.1, 0.15) is 18.3 Å². The van der Waals surface area contributed by atoms with E-state index in [2.05, 4.69) is 20.9 Å². The second-order valence-corrected chi connectivity index (χ2v) is 10.2. The molecule has 0 aliphatic carbocycles. The monoisotopic (exact) mass is 604 g/mol. The molecule has 0 aliphatic rings. The van der Waals surface area contributed by atoms with Crippen LogP contribution in [0.2, 0.25) is 5.02 Å². The average Bonchev–Trinajstić information content (AvgIpc) is 3.46. The molecule has 1 heterocycles. The molecule has 3 aromatic carbocycles. The lowest BCUT2D eigenvalue weighted by atomic mass is 10.1. The van der Waals surface area contributed by atoms with E-state index < -0.39 is 23.9 Å². The number of amides is 3. The number of alkyl carbamates (subject to hydrolysis) is 1.